The fourth-order valence-corrected chi connectivity index (χ4v) is 1.53. The molecule has 0 aliphatic heterocycles. The molecule has 0 saturated carbocycles. The van der Waals surface area contributed by atoms with Gasteiger partial charge in [-0.3, -0.25) is 4.98 Å². The summed E-state index contributed by atoms with van der Waals surface area (Å²) in [5.74, 6) is 0.295. The lowest BCUT2D eigenvalue weighted by molar-refractivity contribution is 0.435. The van der Waals surface area contributed by atoms with Crippen LogP contribution < -0.4 is 0 Å². The summed E-state index contributed by atoms with van der Waals surface area (Å²) >= 11 is 0. The Kier molecular flexibility index (Phi) is 1.55. The molecule has 0 aromatic carbocycles. The maximum Gasteiger partial charge on any atom is 0.200 e. The predicted molar refractivity (Wildman–Crippen MR) is 51.9 cm³/mol. The van der Waals surface area contributed by atoms with Crippen molar-refractivity contribution < 1.29 is 5.11 Å². The van der Waals surface area contributed by atoms with Crippen LogP contribution in [-0.2, 0) is 7.05 Å². The van der Waals surface area contributed by atoms with E-state index in [2.05, 4.69) is 4.98 Å². The van der Waals surface area contributed by atoms with E-state index in [1.165, 1.54) is 0 Å². The molecule has 0 radical (unpaired) electrons. The van der Waals surface area contributed by atoms with Gasteiger partial charge in [-0.05, 0) is 25.5 Å². The standard InChI is InChI=1S/C10H12N2O/c1-6-4-8-9(11-5-6)7(2)12(3)10(8)13/h4-5,13H,1-3H3. The highest BCUT2D eigenvalue weighted by Gasteiger charge is 2.10. The second kappa shape index (κ2) is 2.49. The van der Waals surface area contributed by atoms with Crippen LogP contribution in [0.3, 0.4) is 0 Å². The van der Waals surface area contributed by atoms with Gasteiger partial charge in [-0.15, -0.1) is 0 Å². The average molecular weight is 176 g/mol. The number of rotatable bonds is 0. The topological polar surface area (TPSA) is 38.0 Å². The Labute approximate surface area is 76.6 Å². The van der Waals surface area contributed by atoms with Crippen LogP contribution >= 0.6 is 0 Å². The van der Waals surface area contributed by atoms with Crippen molar-refractivity contribution in [2.75, 3.05) is 0 Å². The van der Waals surface area contributed by atoms with Crippen LogP contribution in [0.5, 0.6) is 5.88 Å². The van der Waals surface area contributed by atoms with E-state index >= 15 is 0 Å². The smallest absolute Gasteiger partial charge is 0.200 e. The van der Waals surface area contributed by atoms with Gasteiger partial charge in [-0.25, -0.2) is 0 Å². The van der Waals surface area contributed by atoms with Crippen molar-refractivity contribution in [3.8, 4) is 5.88 Å². The fourth-order valence-electron chi connectivity index (χ4n) is 1.53. The Hall–Kier alpha value is -1.51. The Balaban J connectivity index is 2.95. The minimum atomic E-state index is 0.295. The first-order valence-corrected chi connectivity index (χ1v) is 4.22. The quantitative estimate of drug-likeness (QED) is 0.665. The van der Waals surface area contributed by atoms with E-state index in [0.717, 1.165) is 22.2 Å². The fraction of sp³-hybridized carbons (Fsp3) is 0.300. The molecule has 3 heteroatoms. The highest BCUT2D eigenvalue weighted by Crippen LogP contribution is 2.28. The molecule has 0 unspecified atom stereocenters. The van der Waals surface area contributed by atoms with Crippen molar-refractivity contribution in [3.63, 3.8) is 0 Å². The second-order valence-corrected chi connectivity index (χ2v) is 3.38. The van der Waals surface area contributed by atoms with Crippen LogP contribution in [-0.4, -0.2) is 14.7 Å². The first-order valence-electron chi connectivity index (χ1n) is 4.22. The van der Waals surface area contributed by atoms with Gasteiger partial charge in [0.1, 0.15) is 0 Å². The first-order chi connectivity index (χ1) is 6.11. The van der Waals surface area contributed by atoms with Crippen LogP contribution in [0.1, 0.15) is 11.3 Å². The lowest BCUT2D eigenvalue weighted by atomic mass is 10.2. The average Bonchev–Trinajstić information content (AvgIpc) is 2.32. The van der Waals surface area contributed by atoms with Gasteiger partial charge in [0.25, 0.3) is 0 Å². The van der Waals surface area contributed by atoms with Crippen molar-refractivity contribution in [1.29, 1.82) is 0 Å². The van der Waals surface area contributed by atoms with Gasteiger partial charge < -0.3 is 9.67 Å². The van der Waals surface area contributed by atoms with Gasteiger partial charge in [0.15, 0.2) is 0 Å². The molecule has 0 amide bonds. The molecule has 2 heterocycles. The maximum absolute atomic E-state index is 9.73. The van der Waals surface area contributed by atoms with Crippen LogP contribution in [0, 0.1) is 13.8 Å². The van der Waals surface area contributed by atoms with Crippen LogP contribution in [0.2, 0.25) is 0 Å². The normalized spacial score (nSPS) is 11.0. The first kappa shape index (κ1) is 8.10. The molecule has 0 spiro atoms. The number of hydrogen-bond acceptors (Lipinski definition) is 2. The van der Waals surface area contributed by atoms with Crippen LogP contribution in [0.15, 0.2) is 12.3 Å². The second-order valence-electron chi connectivity index (χ2n) is 3.38. The zero-order valence-electron chi connectivity index (χ0n) is 8.00. The van der Waals surface area contributed by atoms with E-state index in [0.29, 0.717) is 5.88 Å². The molecule has 2 aromatic heterocycles. The van der Waals surface area contributed by atoms with Crippen molar-refractivity contribution in [2.45, 2.75) is 13.8 Å². The number of hydrogen-bond donors (Lipinski definition) is 1. The molecule has 2 aromatic rings. The summed E-state index contributed by atoms with van der Waals surface area (Å²) in [4.78, 5) is 4.28. The third-order valence-corrected chi connectivity index (χ3v) is 2.43. The molecule has 1 N–H and O–H groups in total. The Bertz CT molecular complexity index is 471. The number of aromatic nitrogens is 2. The number of pyridine rings is 1. The van der Waals surface area contributed by atoms with Crippen molar-refractivity contribution in [2.24, 2.45) is 7.05 Å². The van der Waals surface area contributed by atoms with Gasteiger partial charge >= 0.3 is 0 Å². The zero-order chi connectivity index (χ0) is 9.59. The van der Waals surface area contributed by atoms with Gasteiger partial charge in [0.05, 0.1) is 10.9 Å². The molecule has 68 valence electrons. The zero-order valence-corrected chi connectivity index (χ0v) is 8.00. The number of nitrogens with zero attached hydrogens (tertiary/aromatic N) is 2. The molecule has 0 bridgehead atoms. The minimum absolute atomic E-state index is 0.295. The molecule has 0 aliphatic rings. The molecule has 0 fully saturated rings. The van der Waals surface area contributed by atoms with Crippen molar-refractivity contribution in [3.05, 3.63) is 23.5 Å². The molecular formula is C10H12N2O. The van der Waals surface area contributed by atoms with Gasteiger partial charge in [0, 0.05) is 18.9 Å². The third kappa shape index (κ3) is 1.00. The molecule has 0 saturated heterocycles. The summed E-state index contributed by atoms with van der Waals surface area (Å²) in [6.07, 6.45) is 1.81. The van der Waals surface area contributed by atoms with E-state index in [9.17, 15) is 5.11 Å². The summed E-state index contributed by atoms with van der Waals surface area (Å²) in [6.45, 7) is 3.92. The molecule has 2 rings (SSSR count). The highest BCUT2D eigenvalue weighted by molar-refractivity contribution is 5.87. The van der Waals surface area contributed by atoms with Crippen LogP contribution in [0.25, 0.3) is 10.9 Å². The lowest BCUT2D eigenvalue weighted by Gasteiger charge is -1.95. The summed E-state index contributed by atoms with van der Waals surface area (Å²) in [5, 5.41) is 10.6. The molecule has 0 aliphatic carbocycles. The summed E-state index contributed by atoms with van der Waals surface area (Å²) in [7, 11) is 1.84. The third-order valence-electron chi connectivity index (χ3n) is 2.43. The van der Waals surface area contributed by atoms with Gasteiger partial charge in [0.2, 0.25) is 5.88 Å². The largest absolute Gasteiger partial charge is 0.494 e. The monoisotopic (exact) mass is 176 g/mol. The SMILES string of the molecule is Cc1cnc2c(C)n(C)c(O)c2c1. The molecule has 13 heavy (non-hydrogen) atoms. The Morgan fingerprint density at radius 1 is 1.38 bits per heavy atom. The summed E-state index contributed by atoms with van der Waals surface area (Å²) in [6, 6.07) is 1.95. The van der Waals surface area contributed by atoms with E-state index in [1.54, 1.807) is 4.57 Å². The van der Waals surface area contributed by atoms with Crippen molar-refractivity contribution >= 4 is 10.9 Å². The van der Waals surface area contributed by atoms with E-state index in [-0.39, 0.29) is 0 Å². The van der Waals surface area contributed by atoms with Crippen LogP contribution in [0.4, 0.5) is 0 Å². The molecule has 3 nitrogen and oxygen atoms in total. The number of aryl methyl sites for hydroxylation is 2. The van der Waals surface area contributed by atoms with Gasteiger partial charge in [-0.2, -0.15) is 0 Å². The highest BCUT2D eigenvalue weighted by atomic mass is 16.3. The molecule has 0 atom stereocenters. The summed E-state index contributed by atoms with van der Waals surface area (Å²) in [5.41, 5.74) is 2.94. The van der Waals surface area contributed by atoms with E-state index in [4.69, 9.17) is 0 Å². The van der Waals surface area contributed by atoms with E-state index in [1.807, 2.05) is 33.2 Å². The number of aromatic hydroxyl groups is 1. The maximum atomic E-state index is 9.73. The molecular weight excluding hydrogens is 164 g/mol. The summed E-state index contributed by atoms with van der Waals surface area (Å²) < 4.78 is 1.75. The van der Waals surface area contributed by atoms with Gasteiger partial charge in [-0.1, -0.05) is 0 Å². The lowest BCUT2D eigenvalue weighted by Crippen LogP contribution is -1.88. The Morgan fingerprint density at radius 3 is 2.77 bits per heavy atom. The number of fused-ring (bicyclic) bond motifs is 1. The minimum Gasteiger partial charge on any atom is -0.494 e. The predicted octanol–water partition coefficient (Wildman–Crippen LogP) is 1.90. The van der Waals surface area contributed by atoms with E-state index < -0.39 is 0 Å². The Morgan fingerprint density at radius 2 is 2.08 bits per heavy atom. The van der Waals surface area contributed by atoms with Crippen molar-refractivity contribution in [1.82, 2.24) is 9.55 Å².